The maximum Gasteiger partial charge on any atom is 0.336 e. The summed E-state index contributed by atoms with van der Waals surface area (Å²) in [6, 6.07) is 4.47. The molecular formula is C14H20O5. The Labute approximate surface area is 112 Å². The molecule has 1 unspecified atom stereocenters. The molecule has 0 aromatic heterocycles. The van der Waals surface area contributed by atoms with Crippen LogP contribution in [0.1, 0.15) is 53.5 Å². The van der Waals surface area contributed by atoms with Crippen molar-refractivity contribution in [1.82, 2.24) is 0 Å². The van der Waals surface area contributed by atoms with E-state index in [1.54, 1.807) is 26.0 Å². The summed E-state index contributed by atoms with van der Waals surface area (Å²) in [5.41, 5.74) is 0.275. The predicted molar refractivity (Wildman–Crippen MR) is 71.7 cm³/mol. The number of carbonyl (C=O) groups is 2. The lowest BCUT2D eigenvalue weighted by Crippen LogP contribution is -2.10. The Balaban J connectivity index is 0.000000555. The summed E-state index contributed by atoms with van der Waals surface area (Å²) in [6.07, 6.45) is 1.25. The van der Waals surface area contributed by atoms with E-state index in [-0.39, 0.29) is 17.2 Å². The number of hydrogen-bond acceptors (Lipinski definition) is 3. The van der Waals surface area contributed by atoms with Crippen LogP contribution in [0.15, 0.2) is 18.2 Å². The minimum atomic E-state index is -1.21. The van der Waals surface area contributed by atoms with E-state index >= 15 is 0 Å². The van der Waals surface area contributed by atoms with Crippen LogP contribution in [0, 0.1) is 0 Å². The van der Waals surface area contributed by atoms with Gasteiger partial charge in [0.15, 0.2) is 0 Å². The van der Waals surface area contributed by atoms with Crippen molar-refractivity contribution >= 4 is 11.9 Å². The maximum atomic E-state index is 10.8. The number of aromatic carboxylic acids is 2. The Bertz CT molecular complexity index is 437. The molecule has 5 nitrogen and oxygen atoms in total. The Kier molecular flexibility index (Phi) is 7.44. The Morgan fingerprint density at radius 1 is 1.16 bits per heavy atom. The van der Waals surface area contributed by atoms with E-state index in [2.05, 4.69) is 0 Å². The number of benzene rings is 1. The highest BCUT2D eigenvalue weighted by atomic mass is 16.4. The largest absolute Gasteiger partial charge is 0.478 e. The molecule has 19 heavy (non-hydrogen) atoms. The standard InChI is InChI=1S/C10H10O4.C4H10O/c1-2-6-4-3-5-7(9(11)12)8(6)10(13)14;1-3-4(2)5/h3-5H,2H2,1H3,(H,11,12)(H,13,14);4-5H,3H2,1-2H3. The zero-order valence-corrected chi connectivity index (χ0v) is 11.4. The summed E-state index contributed by atoms with van der Waals surface area (Å²) in [6.45, 7) is 5.51. The molecule has 3 N–H and O–H groups in total. The van der Waals surface area contributed by atoms with E-state index in [1.807, 2.05) is 6.92 Å². The fraction of sp³-hybridized carbons (Fsp3) is 0.429. The number of hydrogen-bond donors (Lipinski definition) is 3. The molecule has 0 aliphatic heterocycles. The fourth-order valence-corrected chi connectivity index (χ4v) is 1.33. The second kappa shape index (κ2) is 8.26. The minimum Gasteiger partial charge on any atom is -0.478 e. The average Bonchev–Trinajstić information content (AvgIpc) is 2.38. The monoisotopic (exact) mass is 268 g/mol. The van der Waals surface area contributed by atoms with Crippen LogP contribution < -0.4 is 0 Å². The van der Waals surface area contributed by atoms with Crippen LogP contribution in [0.25, 0.3) is 0 Å². The lowest BCUT2D eigenvalue weighted by molar-refractivity contribution is 0.0650. The summed E-state index contributed by atoms with van der Waals surface area (Å²) in [5, 5.41) is 26.0. The van der Waals surface area contributed by atoms with Gasteiger partial charge in [-0.3, -0.25) is 0 Å². The minimum absolute atomic E-state index is 0.109. The number of carboxylic acids is 2. The molecule has 0 bridgehead atoms. The molecule has 0 amide bonds. The number of aliphatic hydroxyl groups is 1. The van der Waals surface area contributed by atoms with E-state index in [0.29, 0.717) is 12.0 Å². The van der Waals surface area contributed by atoms with Gasteiger partial charge < -0.3 is 15.3 Å². The smallest absolute Gasteiger partial charge is 0.336 e. The first-order valence-corrected chi connectivity index (χ1v) is 6.11. The molecule has 0 spiro atoms. The highest BCUT2D eigenvalue weighted by molar-refractivity contribution is 6.02. The van der Waals surface area contributed by atoms with Crippen LogP contribution >= 0.6 is 0 Å². The van der Waals surface area contributed by atoms with Gasteiger partial charge in [-0.05, 0) is 31.4 Å². The van der Waals surface area contributed by atoms with Crippen molar-refractivity contribution in [3.05, 3.63) is 34.9 Å². The molecule has 0 aliphatic carbocycles. The quantitative estimate of drug-likeness (QED) is 0.779. The van der Waals surface area contributed by atoms with Gasteiger partial charge in [0.05, 0.1) is 17.2 Å². The van der Waals surface area contributed by atoms with E-state index in [4.69, 9.17) is 15.3 Å². The van der Waals surface area contributed by atoms with Crippen molar-refractivity contribution in [2.45, 2.75) is 39.7 Å². The summed E-state index contributed by atoms with van der Waals surface area (Å²) >= 11 is 0. The number of rotatable bonds is 4. The molecule has 0 fully saturated rings. The van der Waals surface area contributed by atoms with Crippen LogP contribution in [0.4, 0.5) is 0 Å². The molecular weight excluding hydrogens is 248 g/mol. The van der Waals surface area contributed by atoms with Crippen LogP contribution in [-0.4, -0.2) is 33.4 Å². The molecule has 1 rings (SSSR count). The topological polar surface area (TPSA) is 94.8 Å². The predicted octanol–water partition coefficient (Wildman–Crippen LogP) is 2.42. The second-order valence-corrected chi connectivity index (χ2v) is 4.06. The van der Waals surface area contributed by atoms with Crippen LogP contribution in [0.3, 0.4) is 0 Å². The maximum absolute atomic E-state index is 10.8. The van der Waals surface area contributed by atoms with E-state index < -0.39 is 11.9 Å². The van der Waals surface area contributed by atoms with Gasteiger partial charge in [0, 0.05) is 0 Å². The van der Waals surface area contributed by atoms with E-state index in [0.717, 1.165) is 6.42 Å². The van der Waals surface area contributed by atoms with Crippen LogP contribution in [0.2, 0.25) is 0 Å². The number of aliphatic hydroxyl groups excluding tert-OH is 1. The summed E-state index contributed by atoms with van der Waals surface area (Å²) < 4.78 is 0. The van der Waals surface area contributed by atoms with Crippen molar-refractivity contribution in [1.29, 1.82) is 0 Å². The van der Waals surface area contributed by atoms with Gasteiger partial charge >= 0.3 is 11.9 Å². The normalized spacial score (nSPS) is 11.2. The lowest BCUT2D eigenvalue weighted by atomic mass is 9.99. The van der Waals surface area contributed by atoms with Gasteiger partial charge in [-0.25, -0.2) is 9.59 Å². The second-order valence-electron chi connectivity index (χ2n) is 4.06. The number of carboxylic acid groups (broad SMARTS) is 2. The SMILES string of the molecule is CCC(C)O.CCc1cccc(C(=O)O)c1C(=O)O. The Hall–Kier alpha value is -1.88. The summed E-state index contributed by atoms with van der Waals surface area (Å²) in [7, 11) is 0. The first kappa shape index (κ1) is 17.1. The summed E-state index contributed by atoms with van der Waals surface area (Å²) in [4.78, 5) is 21.6. The van der Waals surface area contributed by atoms with Crippen molar-refractivity contribution in [2.24, 2.45) is 0 Å². The van der Waals surface area contributed by atoms with Gasteiger partial charge in [0.1, 0.15) is 0 Å². The van der Waals surface area contributed by atoms with Crippen LogP contribution in [0.5, 0.6) is 0 Å². The molecule has 0 aliphatic rings. The third-order valence-electron chi connectivity index (χ3n) is 2.57. The lowest BCUT2D eigenvalue weighted by Gasteiger charge is -2.06. The van der Waals surface area contributed by atoms with E-state index in [1.165, 1.54) is 6.07 Å². The number of aryl methyl sites for hydroxylation is 1. The van der Waals surface area contributed by atoms with Crippen molar-refractivity contribution in [3.8, 4) is 0 Å². The van der Waals surface area contributed by atoms with Gasteiger partial charge in [-0.2, -0.15) is 0 Å². The highest BCUT2D eigenvalue weighted by Crippen LogP contribution is 2.15. The van der Waals surface area contributed by atoms with Crippen molar-refractivity contribution < 1.29 is 24.9 Å². The molecule has 1 aromatic rings. The first-order chi connectivity index (χ1) is 8.84. The molecule has 5 heteroatoms. The fourth-order valence-electron chi connectivity index (χ4n) is 1.33. The molecule has 0 heterocycles. The first-order valence-electron chi connectivity index (χ1n) is 6.11. The Morgan fingerprint density at radius 3 is 2.00 bits per heavy atom. The zero-order valence-electron chi connectivity index (χ0n) is 11.4. The van der Waals surface area contributed by atoms with Gasteiger partial charge in [-0.1, -0.05) is 26.0 Å². The van der Waals surface area contributed by atoms with Gasteiger partial charge in [0.25, 0.3) is 0 Å². The molecule has 0 saturated heterocycles. The summed E-state index contributed by atoms with van der Waals surface area (Å²) in [5.74, 6) is -2.41. The molecule has 0 radical (unpaired) electrons. The van der Waals surface area contributed by atoms with Crippen molar-refractivity contribution in [3.63, 3.8) is 0 Å². The zero-order chi connectivity index (χ0) is 15.0. The molecule has 1 aromatic carbocycles. The molecule has 1 atom stereocenters. The van der Waals surface area contributed by atoms with Gasteiger partial charge in [0.2, 0.25) is 0 Å². The van der Waals surface area contributed by atoms with Gasteiger partial charge in [-0.15, -0.1) is 0 Å². The average molecular weight is 268 g/mol. The van der Waals surface area contributed by atoms with Crippen molar-refractivity contribution in [2.75, 3.05) is 0 Å². The third kappa shape index (κ3) is 5.52. The van der Waals surface area contributed by atoms with Crippen LogP contribution in [-0.2, 0) is 6.42 Å². The van der Waals surface area contributed by atoms with E-state index in [9.17, 15) is 9.59 Å². The molecule has 0 saturated carbocycles. The molecule has 106 valence electrons. The third-order valence-corrected chi connectivity index (χ3v) is 2.57. The highest BCUT2D eigenvalue weighted by Gasteiger charge is 2.18. The Morgan fingerprint density at radius 2 is 1.68 bits per heavy atom.